The lowest BCUT2D eigenvalue weighted by Gasteiger charge is -0.760. The fraction of sp³-hybridized carbons (Fsp3) is 1.00. The molecule has 0 spiro atoms. The van der Waals surface area contributed by atoms with E-state index in [1.54, 1.807) is 0 Å². The molecule has 0 aromatic carbocycles. The zero-order valence-electron chi connectivity index (χ0n) is 5.39. The van der Waals surface area contributed by atoms with Gasteiger partial charge in [0.05, 0.1) is 0 Å². The van der Waals surface area contributed by atoms with Crippen molar-refractivity contribution in [3.63, 3.8) is 0 Å². The second-order valence-corrected chi connectivity index (χ2v) is 0. The van der Waals surface area contributed by atoms with Gasteiger partial charge < -0.3 is 30.8 Å². The van der Waals surface area contributed by atoms with Crippen LogP contribution in [0.1, 0.15) is 14.9 Å². The third-order valence-electron chi connectivity index (χ3n) is 0. The van der Waals surface area contributed by atoms with Crippen LogP contribution in [0.5, 0.6) is 0 Å². The largest absolute Gasteiger partial charge is 0.344 e. The molecule has 0 rings (SSSR count). The smallest absolute Gasteiger partial charge is 0.105 e. The van der Waals surface area contributed by atoms with E-state index in [-0.39, 0.29) is 53.6 Å². The Hall–Kier alpha value is 0.320. The molecular weight excluding hydrogens is 157 g/mol. The van der Waals surface area contributed by atoms with Gasteiger partial charge in [0.2, 0.25) is 0 Å². The predicted molar refractivity (Wildman–Crippen MR) is 54.3 cm³/mol. The summed E-state index contributed by atoms with van der Waals surface area (Å²) in [5, 5.41) is 0. The molecule has 0 bridgehead atoms. The van der Waals surface area contributed by atoms with Crippen LogP contribution in [-0.2, 0) is 11.8 Å². The Labute approximate surface area is 67.4 Å². The van der Waals surface area contributed by atoms with Crippen LogP contribution >= 0.6 is 7.96 Å². The Balaban J connectivity index is -0.000000000952. The van der Waals surface area contributed by atoms with Crippen LogP contribution in [0.3, 0.4) is 0 Å². The summed E-state index contributed by atoms with van der Waals surface area (Å²) in [6.07, 6.45) is 0. The van der Waals surface area contributed by atoms with Crippen molar-refractivity contribution in [1.82, 2.24) is 30.8 Å². The second kappa shape index (κ2) is 4350. The quantitative estimate of drug-likeness (QED) is 0.359. The van der Waals surface area contributed by atoms with Crippen molar-refractivity contribution in [2.75, 3.05) is 0 Å². The third-order valence-corrected chi connectivity index (χ3v) is 0. The van der Waals surface area contributed by atoms with Gasteiger partial charge in [-0.1, -0.05) is 26.7 Å². The third kappa shape index (κ3) is 3250. The highest BCUT2D eigenvalue weighted by atomic mass is 32.4. The van der Waals surface area contributed by atoms with Gasteiger partial charge >= 0.3 is 0 Å². The molecule has 5 nitrogen and oxygen atoms in total. The van der Waals surface area contributed by atoms with Crippen LogP contribution in [0.4, 0.5) is 0 Å². The first-order valence-electron chi connectivity index (χ1n) is 0.630. The maximum absolute atomic E-state index is 6.00. The first-order valence-corrected chi connectivity index (χ1v) is 1.64. The normalized spacial score (nSPS) is 2.44. The summed E-state index contributed by atoms with van der Waals surface area (Å²) in [5.74, 6) is 0. The van der Waals surface area contributed by atoms with Crippen molar-refractivity contribution in [2.45, 2.75) is 14.9 Å². The average Bonchev–Trinajstić information content (AvgIpc) is 0.918. The van der Waals surface area contributed by atoms with Gasteiger partial charge in [0.15, 0.2) is 0 Å². The summed E-state index contributed by atoms with van der Waals surface area (Å²) in [7, 11) is 0.250. The highest BCUT2D eigenvalue weighted by molar-refractivity contribution is 7.88. The van der Waals surface area contributed by atoms with E-state index in [0.29, 0.717) is 0 Å². The molecule has 0 atom stereocenters. The lowest BCUT2D eigenvalue weighted by atomic mass is 12.0. The summed E-state index contributed by atoms with van der Waals surface area (Å²) in [4.78, 5) is 0. The number of rotatable bonds is 0. The minimum absolute atomic E-state index is 0. The molecule has 0 aliphatic rings. The Morgan fingerprint density at radius 2 is 0.889 bits per heavy atom. The van der Waals surface area contributed by atoms with E-state index >= 15 is 0 Å². The molecule has 9 heavy (non-hydrogen) atoms. The molecule has 0 amide bonds. The van der Waals surface area contributed by atoms with Gasteiger partial charge in [-0.3, -0.25) is 0 Å². The predicted octanol–water partition coefficient (Wildman–Crippen LogP) is 2.67. The van der Waals surface area contributed by atoms with E-state index in [1.165, 1.54) is 0 Å². The van der Waals surface area contributed by atoms with E-state index in [4.69, 9.17) is 1.28 Å². The molecule has 0 fully saturated rings. The van der Waals surface area contributed by atoms with Gasteiger partial charge in [-0.25, -0.2) is 0 Å². The lowest BCUT2D eigenvalue weighted by molar-refractivity contribution is 2.13. The molecule has 0 aliphatic carbocycles. The van der Waals surface area contributed by atoms with E-state index in [0.717, 1.165) is 0 Å². The van der Waals surface area contributed by atoms with E-state index in [9.17, 15) is 0 Å². The highest BCUT2D eigenvalue weighted by Gasteiger charge is 0.655. The molecule has 0 saturated carbocycles. The highest BCUT2D eigenvalue weighted by Crippen LogP contribution is 1.26. The SMILES string of the molecule is C.C.N.N.N.N.N.[2H]P=S. The van der Waals surface area contributed by atoms with Crippen LogP contribution < -0.4 is 30.8 Å². The van der Waals surface area contributed by atoms with E-state index in [2.05, 4.69) is 11.8 Å². The zero-order chi connectivity index (χ0) is 2.71. The van der Waals surface area contributed by atoms with Gasteiger partial charge in [0, 0.05) is 0 Å². The summed E-state index contributed by atoms with van der Waals surface area (Å²) in [6, 6.07) is 0. The molecule has 0 saturated heterocycles. The Kier molecular flexibility index (Phi) is 58000. The van der Waals surface area contributed by atoms with Gasteiger partial charge in [-0.2, -0.15) is 0 Å². The van der Waals surface area contributed by atoms with Crippen molar-refractivity contribution >= 4 is 19.8 Å². The molecule has 0 aromatic heterocycles. The maximum atomic E-state index is 6.00. The summed E-state index contributed by atoms with van der Waals surface area (Å²) in [5.41, 5.74) is 0. The minimum Gasteiger partial charge on any atom is -0.344 e. The van der Waals surface area contributed by atoms with Gasteiger partial charge in [-0.15, -0.1) is 0 Å². The van der Waals surface area contributed by atoms with Crippen LogP contribution in [0.2, 0.25) is 0 Å². The molecule has 0 aliphatic heterocycles. The minimum atomic E-state index is 0. The van der Waals surface area contributed by atoms with Crippen LogP contribution in [0, 0.1) is 0 Å². The maximum Gasteiger partial charge on any atom is 0.105 e. The Morgan fingerprint density at radius 3 is 0.889 bits per heavy atom. The van der Waals surface area contributed by atoms with Gasteiger partial charge in [-0.05, 0) is 7.96 Å². The van der Waals surface area contributed by atoms with Gasteiger partial charge in [0.1, 0.15) is 1.28 Å². The lowest BCUT2D eigenvalue weighted by Crippen LogP contribution is -0.482. The summed E-state index contributed by atoms with van der Waals surface area (Å²) >= 11 is 4.03. The van der Waals surface area contributed by atoms with Crippen LogP contribution in [0.15, 0.2) is 0 Å². The molecule has 0 heterocycles. The fourth-order valence-electron chi connectivity index (χ4n) is 0. The fourth-order valence-corrected chi connectivity index (χ4v) is 0. The monoisotopic (exact) mass is 182 g/mol. The Morgan fingerprint density at radius 1 is 0.889 bits per heavy atom. The number of hydrogen-bond acceptors (Lipinski definition) is 6. The van der Waals surface area contributed by atoms with E-state index < -0.39 is 0 Å². The van der Waals surface area contributed by atoms with Gasteiger partial charge in [0.25, 0.3) is 0 Å². The Bertz CT molecular complexity index is 27.1. The summed E-state index contributed by atoms with van der Waals surface area (Å²) < 4.78 is 6.00. The van der Waals surface area contributed by atoms with Crippen molar-refractivity contribution in [1.29, 1.82) is 1.28 Å². The summed E-state index contributed by atoms with van der Waals surface area (Å²) in [6.45, 7) is 0. The first kappa shape index (κ1) is 120. The van der Waals surface area contributed by atoms with Crippen molar-refractivity contribution in [3.8, 4) is 0 Å². The molecular formula is C2H24N5PS. The average molecular weight is 182 g/mol. The van der Waals surface area contributed by atoms with Crippen molar-refractivity contribution in [2.24, 2.45) is 0 Å². The molecule has 7 heteroatoms. The van der Waals surface area contributed by atoms with Crippen LogP contribution in [0.25, 0.3) is 0 Å². The van der Waals surface area contributed by atoms with Crippen molar-refractivity contribution < 1.29 is 0 Å². The topological polar surface area (TPSA) is 175 Å². The molecule has 0 radical (unpaired) electrons. The number of hydrogen-bond donors (Lipinski definition) is 5. The molecule has 15 N–H and O–H groups in total. The van der Waals surface area contributed by atoms with Crippen molar-refractivity contribution in [3.05, 3.63) is 0 Å². The first-order chi connectivity index (χ1) is 1.41. The van der Waals surface area contributed by atoms with E-state index in [1.807, 2.05) is 0 Å². The molecule has 0 unspecified atom stereocenters. The van der Waals surface area contributed by atoms with Crippen LogP contribution in [-0.4, -0.2) is 1.28 Å². The standard InChI is InChI=1S/2CH4.5H3N.HPS/c;;;;;;;1-2/h2*1H4;5*1H3;1H/i;;;;;;;1D. The second-order valence-electron chi connectivity index (χ2n) is 0. The molecule has 0 aromatic rings. The molecule has 68 valence electrons. The zero-order valence-corrected chi connectivity index (χ0v) is 6.10.